The highest BCUT2D eigenvalue weighted by molar-refractivity contribution is 7.93. The first-order chi connectivity index (χ1) is 13.0. The van der Waals surface area contributed by atoms with Crippen LogP contribution in [-0.2, 0) is 14.8 Å². The number of benzene rings is 2. The molecule has 140 valence electrons. The van der Waals surface area contributed by atoms with Crippen LogP contribution in [0.1, 0.15) is 12.0 Å². The molecule has 7 nitrogen and oxygen atoms in total. The standard InChI is InChI=1S/C19H18N2O5S/c22-19(9-3-14-2-8-17-18(12-14)26-13-25-17)20-15-4-6-16(7-5-15)21-10-1-11-27(21,23)24/h2-9,12H,1,10-11,13H2,(H,20,22)/b9-3+. The third kappa shape index (κ3) is 3.75. The second-order valence-corrected chi connectivity index (χ2v) is 8.24. The zero-order valence-electron chi connectivity index (χ0n) is 14.4. The van der Waals surface area contributed by atoms with E-state index < -0.39 is 10.0 Å². The molecule has 2 heterocycles. The number of amides is 1. The lowest BCUT2D eigenvalue weighted by Crippen LogP contribution is -2.24. The van der Waals surface area contributed by atoms with Gasteiger partial charge in [-0.15, -0.1) is 0 Å². The van der Waals surface area contributed by atoms with Crippen LogP contribution in [0.3, 0.4) is 0 Å². The Hall–Kier alpha value is -3.00. The van der Waals surface area contributed by atoms with Gasteiger partial charge in [0, 0.05) is 18.3 Å². The van der Waals surface area contributed by atoms with Crippen LogP contribution >= 0.6 is 0 Å². The van der Waals surface area contributed by atoms with E-state index in [-0.39, 0.29) is 18.5 Å². The van der Waals surface area contributed by atoms with Gasteiger partial charge in [0.2, 0.25) is 22.7 Å². The largest absolute Gasteiger partial charge is 0.454 e. The van der Waals surface area contributed by atoms with E-state index in [0.717, 1.165) is 5.56 Å². The molecular formula is C19H18N2O5S. The predicted molar refractivity (Wildman–Crippen MR) is 102 cm³/mol. The Bertz CT molecular complexity index is 999. The minimum absolute atomic E-state index is 0.177. The third-order valence-corrected chi connectivity index (χ3v) is 6.22. The molecule has 27 heavy (non-hydrogen) atoms. The fraction of sp³-hybridized carbons (Fsp3) is 0.211. The van der Waals surface area contributed by atoms with Gasteiger partial charge in [-0.05, 0) is 54.5 Å². The summed E-state index contributed by atoms with van der Waals surface area (Å²) in [6.45, 7) is 0.698. The molecular weight excluding hydrogens is 368 g/mol. The summed E-state index contributed by atoms with van der Waals surface area (Å²) in [5.41, 5.74) is 2.03. The summed E-state index contributed by atoms with van der Waals surface area (Å²) in [6.07, 6.45) is 3.74. The van der Waals surface area contributed by atoms with Gasteiger partial charge in [0.1, 0.15) is 0 Å². The topological polar surface area (TPSA) is 84.9 Å². The van der Waals surface area contributed by atoms with Crippen LogP contribution in [0.4, 0.5) is 11.4 Å². The zero-order valence-corrected chi connectivity index (χ0v) is 15.2. The summed E-state index contributed by atoms with van der Waals surface area (Å²) in [5.74, 6) is 1.24. The van der Waals surface area contributed by atoms with Gasteiger partial charge in [-0.1, -0.05) is 6.07 Å². The Kier molecular flexibility index (Phi) is 4.49. The van der Waals surface area contributed by atoms with Crippen molar-refractivity contribution in [2.24, 2.45) is 0 Å². The first kappa shape index (κ1) is 17.4. The summed E-state index contributed by atoms with van der Waals surface area (Å²) in [6, 6.07) is 12.2. The van der Waals surface area contributed by atoms with Gasteiger partial charge in [-0.25, -0.2) is 8.42 Å². The monoisotopic (exact) mass is 386 g/mol. The Morgan fingerprint density at radius 2 is 1.85 bits per heavy atom. The fourth-order valence-corrected chi connectivity index (χ4v) is 4.58. The van der Waals surface area contributed by atoms with Crippen molar-refractivity contribution in [2.45, 2.75) is 6.42 Å². The quantitative estimate of drug-likeness (QED) is 0.817. The molecule has 2 aliphatic heterocycles. The van der Waals surface area contributed by atoms with E-state index in [1.54, 1.807) is 42.5 Å². The maximum Gasteiger partial charge on any atom is 0.248 e. The van der Waals surface area contributed by atoms with Crippen LogP contribution in [0.5, 0.6) is 11.5 Å². The summed E-state index contributed by atoms with van der Waals surface area (Å²) >= 11 is 0. The van der Waals surface area contributed by atoms with Gasteiger partial charge >= 0.3 is 0 Å². The zero-order chi connectivity index (χ0) is 18.9. The molecule has 2 aromatic carbocycles. The predicted octanol–water partition coefficient (Wildman–Crippen LogP) is 2.61. The molecule has 1 saturated heterocycles. The van der Waals surface area contributed by atoms with Crippen LogP contribution in [0.25, 0.3) is 6.08 Å². The average molecular weight is 386 g/mol. The Morgan fingerprint density at radius 1 is 1.07 bits per heavy atom. The van der Waals surface area contributed by atoms with Gasteiger partial charge in [-0.2, -0.15) is 0 Å². The second-order valence-electron chi connectivity index (χ2n) is 6.22. The number of hydrogen-bond acceptors (Lipinski definition) is 5. The lowest BCUT2D eigenvalue weighted by molar-refractivity contribution is -0.111. The molecule has 2 aliphatic rings. The van der Waals surface area contributed by atoms with Crippen molar-refractivity contribution in [2.75, 3.05) is 28.7 Å². The number of anilines is 2. The van der Waals surface area contributed by atoms with Crippen LogP contribution in [-0.4, -0.2) is 33.4 Å². The van der Waals surface area contributed by atoms with E-state index in [0.29, 0.717) is 35.8 Å². The molecule has 0 aliphatic carbocycles. The molecule has 0 unspecified atom stereocenters. The molecule has 0 radical (unpaired) electrons. The van der Waals surface area contributed by atoms with Crippen LogP contribution in [0.2, 0.25) is 0 Å². The van der Waals surface area contributed by atoms with E-state index in [4.69, 9.17) is 9.47 Å². The number of sulfonamides is 1. The van der Waals surface area contributed by atoms with E-state index in [1.807, 2.05) is 6.07 Å². The summed E-state index contributed by atoms with van der Waals surface area (Å²) in [5, 5.41) is 2.75. The Morgan fingerprint density at radius 3 is 2.59 bits per heavy atom. The van der Waals surface area contributed by atoms with Gasteiger partial charge in [-0.3, -0.25) is 9.10 Å². The van der Waals surface area contributed by atoms with Crippen molar-refractivity contribution in [1.29, 1.82) is 0 Å². The molecule has 8 heteroatoms. The number of hydrogen-bond donors (Lipinski definition) is 1. The van der Waals surface area contributed by atoms with Gasteiger partial charge in [0.15, 0.2) is 11.5 Å². The van der Waals surface area contributed by atoms with Gasteiger partial charge < -0.3 is 14.8 Å². The average Bonchev–Trinajstić information content (AvgIpc) is 3.26. The molecule has 0 atom stereocenters. The Balaban J connectivity index is 1.39. The molecule has 0 spiro atoms. The lowest BCUT2D eigenvalue weighted by atomic mass is 10.2. The first-order valence-electron chi connectivity index (χ1n) is 8.50. The van der Waals surface area contributed by atoms with E-state index in [1.165, 1.54) is 10.4 Å². The normalized spacial score (nSPS) is 17.4. The van der Waals surface area contributed by atoms with Crippen molar-refractivity contribution in [3.8, 4) is 11.5 Å². The lowest BCUT2D eigenvalue weighted by Gasteiger charge is -2.17. The minimum Gasteiger partial charge on any atom is -0.454 e. The van der Waals surface area contributed by atoms with Crippen LogP contribution in [0, 0.1) is 0 Å². The fourth-order valence-electron chi connectivity index (χ4n) is 3.01. The number of carbonyl (C=O) groups is 1. The maximum atomic E-state index is 12.1. The smallest absolute Gasteiger partial charge is 0.248 e. The molecule has 1 N–H and O–H groups in total. The number of rotatable bonds is 4. The summed E-state index contributed by atoms with van der Waals surface area (Å²) in [7, 11) is -3.20. The SMILES string of the molecule is O=C(/C=C/c1ccc2c(c1)OCO2)Nc1ccc(N2CCCS2(=O)=O)cc1. The number of carbonyl (C=O) groups excluding carboxylic acids is 1. The molecule has 2 aromatic rings. The molecule has 0 bridgehead atoms. The maximum absolute atomic E-state index is 12.1. The van der Waals surface area contributed by atoms with E-state index >= 15 is 0 Å². The Labute approximate surface area is 157 Å². The third-order valence-electron chi connectivity index (χ3n) is 4.35. The highest BCUT2D eigenvalue weighted by Gasteiger charge is 2.28. The molecule has 0 saturated carbocycles. The van der Waals surface area contributed by atoms with E-state index in [9.17, 15) is 13.2 Å². The highest BCUT2D eigenvalue weighted by atomic mass is 32.2. The van der Waals surface area contributed by atoms with Gasteiger partial charge in [0.05, 0.1) is 11.4 Å². The number of ether oxygens (including phenoxy) is 2. The van der Waals surface area contributed by atoms with Crippen LogP contribution in [0.15, 0.2) is 48.5 Å². The number of fused-ring (bicyclic) bond motifs is 1. The van der Waals surface area contributed by atoms with Crippen molar-refractivity contribution < 1.29 is 22.7 Å². The van der Waals surface area contributed by atoms with E-state index in [2.05, 4.69) is 5.32 Å². The second kappa shape index (κ2) is 6.96. The molecule has 1 fully saturated rings. The highest BCUT2D eigenvalue weighted by Crippen LogP contribution is 2.32. The molecule has 1 amide bonds. The molecule has 4 rings (SSSR count). The minimum atomic E-state index is -3.20. The van der Waals surface area contributed by atoms with Crippen molar-refractivity contribution in [3.05, 3.63) is 54.1 Å². The molecule has 0 aromatic heterocycles. The number of nitrogens with zero attached hydrogens (tertiary/aromatic N) is 1. The van der Waals surface area contributed by atoms with Crippen LogP contribution < -0.4 is 19.1 Å². The van der Waals surface area contributed by atoms with Crippen molar-refractivity contribution >= 4 is 33.4 Å². The first-order valence-corrected chi connectivity index (χ1v) is 10.1. The van der Waals surface area contributed by atoms with Gasteiger partial charge in [0.25, 0.3) is 0 Å². The van der Waals surface area contributed by atoms with Crippen molar-refractivity contribution in [1.82, 2.24) is 0 Å². The number of nitrogens with one attached hydrogen (secondary N) is 1. The summed E-state index contributed by atoms with van der Waals surface area (Å²) in [4.78, 5) is 12.1. The van der Waals surface area contributed by atoms with Crippen molar-refractivity contribution in [3.63, 3.8) is 0 Å². The summed E-state index contributed by atoms with van der Waals surface area (Å²) < 4.78 is 35.8.